The maximum atomic E-state index is 12.7. The van der Waals surface area contributed by atoms with Crippen LogP contribution in [0.3, 0.4) is 0 Å². The zero-order valence-electron chi connectivity index (χ0n) is 11.1. The monoisotopic (exact) mass is 261 g/mol. The van der Waals surface area contributed by atoms with Crippen LogP contribution in [0, 0.1) is 18.3 Å². The number of aryl methyl sites for hydroxylation is 1. The number of nitrogens with zero attached hydrogens (tertiary/aromatic N) is 1. The van der Waals surface area contributed by atoms with Crippen molar-refractivity contribution < 1.29 is 9.53 Å². The van der Waals surface area contributed by atoms with Gasteiger partial charge < -0.3 is 15.4 Å². The van der Waals surface area contributed by atoms with Crippen molar-refractivity contribution in [1.82, 2.24) is 10.3 Å². The van der Waals surface area contributed by atoms with Gasteiger partial charge in [-0.25, -0.2) is 0 Å². The Morgan fingerprint density at radius 3 is 3.37 bits per heavy atom. The third kappa shape index (κ3) is 2.13. The number of pyridine rings is 1. The summed E-state index contributed by atoms with van der Waals surface area (Å²) in [7, 11) is 0. The molecule has 0 spiro atoms. The van der Waals surface area contributed by atoms with Crippen LogP contribution in [0.2, 0.25) is 0 Å². The summed E-state index contributed by atoms with van der Waals surface area (Å²) in [6.07, 6.45) is 4.26. The molecule has 19 heavy (non-hydrogen) atoms. The van der Waals surface area contributed by atoms with Crippen molar-refractivity contribution in [1.29, 1.82) is 0 Å². The van der Waals surface area contributed by atoms with E-state index in [1.54, 1.807) is 12.4 Å². The van der Waals surface area contributed by atoms with Crippen molar-refractivity contribution in [2.75, 3.05) is 31.6 Å². The Hall–Kier alpha value is -1.46. The molecule has 1 aromatic rings. The van der Waals surface area contributed by atoms with Crippen molar-refractivity contribution in [2.45, 2.75) is 13.3 Å². The van der Waals surface area contributed by atoms with Crippen LogP contribution in [0.25, 0.3) is 0 Å². The first kappa shape index (κ1) is 12.6. The molecular formula is C14H19N3O2. The summed E-state index contributed by atoms with van der Waals surface area (Å²) < 4.78 is 5.50. The van der Waals surface area contributed by atoms with E-state index in [2.05, 4.69) is 15.6 Å². The molecule has 5 nitrogen and oxygen atoms in total. The second-order valence-corrected chi connectivity index (χ2v) is 5.45. The normalized spacial score (nSPS) is 29.8. The van der Waals surface area contributed by atoms with Crippen molar-refractivity contribution in [3.05, 3.63) is 24.0 Å². The molecule has 3 rings (SSSR count). The highest BCUT2D eigenvalue weighted by atomic mass is 16.5. The number of rotatable bonds is 2. The Balaban J connectivity index is 1.81. The number of nitrogens with one attached hydrogen (secondary N) is 2. The fourth-order valence-corrected chi connectivity index (χ4v) is 3.04. The summed E-state index contributed by atoms with van der Waals surface area (Å²) in [5, 5.41) is 6.40. The van der Waals surface area contributed by atoms with Crippen molar-refractivity contribution in [3.63, 3.8) is 0 Å². The van der Waals surface area contributed by atoms with Crippen LogP contribution >= 0.6 is 0 Å². The molecule has 0 aliphatic carbocycles. The lowest BCUT2D eigenvalue weighted by atomic mass is 9.73. The number of amides is 1. The summed E-state index contributed by atoms with van der Waals surface area (Å²) in [5.41, 5.74) is 1.53. The summed E-state index contributed by atoms with van der Waals surface area (Å²) >= 11 is 0. The van der Waals surface area contributed by atoms with E-state index in [0.717, 1.165) is 30.8 Å². The van der Waals surface area contributed by atoms with Crippen molar-refractivity contribution in [3.8, 4) is 0 Å². The molecule has 0 aromatic carbocycles. The van der Waals surface area contributed by atoms with Crippen LogP contribution < -0.4 is 10.6 Å². The SMILES string of the molecule is Cc1cnccc1NC(=O)[C@@]12CCOC[C@@H]1CNC2. The van der Waals surface area contributed by atoms with Gasteiger partial charge in [0.2, 0.25) is 5.91 Å². The third-order valence-corrected chi connectivity index (χ3v) is 4.34. The molecule has 1 aromatic heterocycles. The van der Waals surface area contributed by atoms with Crippen LogP contribution in [0.1, 0.15) is 12.0 Å². The van der Waals surface area contributed by atoms with Crippen LogP contribution in [-0.4, -0.2) is 37.2 Å². The van der Waals surface area contributed by atoms with Crippen LogP contribution in [0.5, 0.6) is 0 Å². The van der Waals surface area contributed by atoms with Gasteiger partial charge in [0.25, 0.3) is 0 Å². The maximum Gasteiger partial charge on any atom is 0.232 e. The van der Waals surface area contributed by atoms with Gasteiger partial charge >= 0.3 is 0 Å². The smallest absolute Gasteiger partial charge is 0.232 e. The zero-order chi connectivity index (χ0) is 13.3. The fraction of sp³-hybridized carbons (Fsp3) is 0.571. The van der Waals surface area contributed by atoms with Crippen molar-refractivity contribution >= 4 is 11.6 Å². The van der Waals surface area contributed by atoms with E-state index in [1.807, 2.05) is 13.0 Å². The lowest BCUT2D eigenvalue weighted by Crippen LogP contribution is -2.47. The molecule has 0 bridgehead atoms. The number of ether oxygens (including phenoxy) is 1. The first-order valence-electron chi connectivity index (χ1n) is 6.73. The fourth-order valence-electron chi connectivity index (χ4n) is 3.04. The minimum Gasteiger partial charge on any atom is -0.381 e. The summed E-state index contributed by atoms with van der Waals surface area (Å²) in [4.78, 5) is 16.7. The zero-order valence-corrected chi connectivity index (χ0v) is 11.1. The largest absolute Gasteiger partial charge is 0.381 e. The van der Waals surface area contributed by atoms with Crippen LogP contribution in [0.4, 0.5) is 5.69 Å². The van der Waals surface area contributed by atoms with E-state index in [4.69, 9.17) is 4.74 Å². The van der Waals surface area contributed by atoms with Gasteiger partial charge in [-0.2, -0.15) is 0 Å². The number of hydrogen-bond donors (Lipinski definition) is 2. The topological polar surface area (TPSA) is 63.2 Å². The molecule has 5 heteroatoms. The Morgan fingerprint density at radius 2 is 2.53 bits per heavy atom. The van der Waals surface area contributed by atoms with Gasteiger partial charge in [-0.3, -0.25) is 9.78 Å². The van der Waals surface area contributed by atoms with Crippen LogP contribution in [0.15, 0.2) is 18.5 Å². The average Bonchev–Trinajstić information content (AvgIpc) is 2.86. The average molecular weight is 261 g/mol. The first-order chi connectivity index (χ1) is 9.22. The predicted molar refractivity (Wildman–Crippen MR) is 71.8 cm³/mol. The number of aromatic nitrogens is 1. The molecule has 2 N–H and O–H groups in total. The van der Waals surface area contributed by atoms with Crippen molar-refractivity contribution in [2.24, 2.45) is 11.3 Å². The summed E-state index contributed by atoms with van der Waals surface area (Å²) in [6.45, 7) is 4.91. The molecule has 0 saturated carbocycles. The van der Waals surface area contributed by atoms with E-state index in [0.29, 0.717) is 13.2 Å². The van der Waals surface area contributed by atoms with Gasteiger partial charge in [0.05, 0.1) is 12.0 Å². The molecule has 102 valence electrons. The lowest BCUT2D eigenvalue weighted by molar-refractivity contribution is -0.133. The van der Waals surface area contributed by atoms with E-state index in [-0.39, 0.29) is 17.2 Å². The van der Waals surface area contributed by atoms with E-state index >= 15 is 0 Å². The molecule has 2 atom stereocenters. The van der Waals surface area contributed by atoms with E-state index in [1.165, 1.54) is 0 Å². The Bertz CT molecular complexity index is 491. The van der Waals surface area contributed by atoms with Gasteiger partial charge in [-0.1, -0.05) is 0 Å². The number of anilines is 1. The van der Waals surface area contributed by atoms with Gasteiger partial charge in [0, 0.05) is 43.7 Å². The predicted octanol–water partition coefficient (Wildman–Crippen LogP) is 0.955. The minimum absolute atomic E-state index is 0.111. The van der Waals surface area contributed by atoms with Gasteiger partial charge in [0.15, 0.2) is 0 Å². The number of fused-ring (bicyclic) bond motifs is 1. The highest BCUT2D eigenvalue weighted by Crippen LogP contribution is 2.39. The Morgan fingerprint density at radius 1 is 1.63 bits per heavy atom. The molecule has 2 saturated heterocycles. The molecule has 3 heterocycles. The molecule has 2 aliphatic heterocycles. The van der Waals surface area contributed by atoms with Gasteiger partial charge in [-0.05, 0) is 25.0 Å². The minimum atomic E-state index is -0.312. The summed E-state index contributed by atoms with van der Waals surface area (Å²) in [6, 6.07) is 1.85. The lowest BCUT2D eigenvalue weighted by Gasteiger charge is -2.37. The highest BCUT2D eigenvalue weighted by molar-refractivity contribution is 5.96. The summed E-state index contributed by atoms with van der Waals surface area (Å²) in [5.74, 6) is 0.392. The molecular weight excluding hydrogens is 242 g/mol. The number of carbonyl (C=O) groups excluding carboxylic acids is 1. The standard InChI is InChI=1S/C14H19N3O2/c1-10-6-15-4-2-12(10)17-13(18)14-3-5-19-8-11(14)7-16-9-14/h2,4,6,11,16H,3,5,7-9H2,1H3,(H,15,17,18)/t11-,14+/m0/s1. The number of carbonyl (C=O) groups is 1. The third-order valence-electron chi connectivity index (χ3n) is 4.34. The quantitative estimate of drug-likeness (QED) is 0.832. The molecule has 2 aliphatic rings. The van der Waals surface area contributed by atoms with Crippen LogP contribution in [-0.2, 0) is 9.53 Å². The molecule has 0 radical (unpaired) electrons. The Labute approximate surface area is 112 Å². The number of hydrogen-bond acceptors (Lipinski definition) is 4. The van der Waals surface area contributed by atoms with Gasteiger partial charge in [-0.15, -0.1) is 0 Å². The maximum absolute atomic E-state index is 12.7. The van der Waals surface area contributed by atoms with Gasteiger partial charge in [0.1, 0.15) is 0 Å². The second-order valence-electron chi connectivity index (χ2n) is 5.45. The van der Waals surface area contributed by atoms with E-state index in [9.17, 15) is 4.79 Å². The molecule has 2 fully saturated rings. The first-order valence-corrected chi connectivity index (χ1v) is 6.73. The molecule has 1 amide bonds. The van der Waals surface area contributed by atoms with E-state index < -0.39 is 0 Å². The second kappa shape index (κ2) is 4.90. The highest BCUT2D eigenvalue weighted by Gasteiger charge is 2.50. The molecule has 0 unspecified atom stereocenters. The Kier molecular flexibility index (Phi) is 3.24.